The Hall–Kier alpha value is -1.86. The summed E-state index contributed by atoms with van der Waals surface area (Å²) in [5.74, 6) is -1.49. The molecule has 0 aliphatic carbocycles. The Bertz CT molecular complexity index is 733. The Morgan fingerprint density at radius 3 is 2.64 bits per heavy atom. The Morgan fingerprint density at radius 2 is 1.95 bits per heavy atom. The number of furan rings is 1. The Labute approximate surface area is 134 Å². The Balaban J connectivity index is 1.86. The molecule has 2 heterocycles. The molecule has 3 rings (SSSR count). The SMILES string of the molecule is O=C(NC1(C(=O)O)CCOCC1)c1cc2cc(Br)ccc2o1. The average molecular weight is 368 g/mol. The molecule has 1 saturated heterocycles. The summed E-state index contributed by atoms with van der Waals surface area (Å²) >= 11 is 3.35. The van der Waals surface area contributed by atoms with Crippen molar-refractivity contribution in [2.75, 3.05) is 13.2 Å². The first-order valence-corrected chi connectivity index (χ1v) is 7.62. The number of ether oxygens (including phenoxy) is 1. The molecule has 22 heavy (non-hydrogen) atoms. The second kappa shape index (κ2) is 5.73. The number of benzene rings is 1. The van der Waals surface area contributed by atoms with E-state index in [0.717, 1.165) is 9.86 Å². The maximum absolute atomic E-state index is 12.4. The van der Waals surface area contributed by atoms with Crippen molar-refractivity contribution in [2.45, 2.75) is 18.4 Å². The topological polar surface area (TPSA) is 88.8 Å². The summed E-state index contributed by atoms with van der Waals surface area (Å²) < 4.78 is 11.5. The number of carbonyl (C=O) groups is 2. The summed E-state index contributed by atoms with van der Waals surface area (Å²) in [7, 11) is 0. The van der Waals surface area contributed by atoms with Gasteiger partial charge in [0.25, 0.3) is 5.91 Å². The van der Waals surface area contributed by atoms with Crippen molar-refractivity contribution in [3.05, 3.63) is 34.5 Å². The molecule has 0 radical (unpaired) electrons. The van der Waals surface area contributed by atoms with E-state index < -0.39 is 17.4 Å². The number of carbonyl (C=O) groups excluding carboxylic acids is 1. The van der Waals surface area contributed by atoms with Gasteiger partial charge in [0.1, 0.15) is 11.1 Å². The van der Waals surface area contributed by atoms with Gasteiger partial charge < -0.3 is 19.6 Å². The van der Waals surface area contributed by atoms with Crippen molar-refractivity contribution in [3.63, 3.8) is 0 Å². The van der Waals surface area contributed by atoms with Gasteiger partial charge in [0, 0.05) is 35.9 Å². The van der Waals surface area contributed by atoms with Crippen LogP contribution in [0.15, 0.2) is 33.2 Å². The predicted octanol–water partition coefficient (Wildman–Crippen LogP) is 2.56. The fourth-order valence-electron chi connectivity index (χ4n) is 2.52. The highest BCUT2D eigenvalue weighted by Gasteiger charge is 2.42. The molecule has 2 aromatic rings. The number of hydrogen-bond acceptors (Lipinski definition) is 4. The van der Waals surface area contributed by atoms with Crippen LogP contribution in [0.4, 0.5) is 0 Å². The lowest BCUT2D eigenvalue weighted by Gasteiger charge is -2.33. The lowest BCUT2D eigenvalue weighted by atomic mass is 9.90. The summed E-state index contributed by atoms with van der Waals surface area (Å²) in [5.41, 5.74) is -0.723. The predicted molar refractivity (Wildman–Crippen MR) is 81.8 cm³/mol. The highest BCUT2D eigenvalue weighted by Crippen LogP contribution is 2.25. The second-order valence-electron chi connectivity index (χ2n) is 5.25. The number of carboxylic acids is 1. The molecule has 1 amide bonds. The molecule has 1 aromatic carbocycles. The minimum Gasteiger partial charge on any atom is -0.480 e. The first-order chi connectivity index (χ1) is 10.5. The highest BCUT2D eigenvalue weighted by atomic mass is 79.9. The number of halogens is 1. The van der Waals surface area contributed by atoms with Crippen LogP contribution in [0.25, 0.3) is 11.0 Å². The van der Waals surface area contributed by atoms with Gasteiger partial charge in [-0.2, -0.15) is 0 Å². The van der Waals surface area contributed by atoms with E-state index >= 15 is 0 Å². The number of carboxylic acid groups (broad SMARTS) is 1. The average Bonchev–Trinajstić information content (AvgIpc) is 2.91. The van der Waals surface area contributed by atoms with Crippen LogP contribution in [0.5, 0.6) is 0 Å². The minimum atomic E-state index is -1.30. The van der Waals surface area contributed by atoms with Gasteiger partial charge >= 0.3 is 5.97 Å². The zero-order chi connectivity index (χ0) is 15.7. The summed E-state index contributed by atoms with van der Waals surface area (Å²) in [4.78, 5) is 23.9. The molecule has 1 aliphatic rings. The van der Waals surface area contributed by atoms with Gasteiger partial charge in [-0.15, -0.1) is 0 Å². The smallest absolute Gasteiger partial charge is 0.329 e. The molecule has 1 aliphatic heterocycles. The largest absolute Gasteiger partial charge is 0.480 e. The first kappa shape index (κ1) is 15.1. The van der Waals surface area contributed by atoms with Crippen LogP contribution in [0.3, 0.4) is 0 Å². The molecule has 2 N–H and O–H groups in total. The van der Waals surface area contributed by atoms with E-state index in [-0.39, 0.29) is 18.6 Å². The van der Waals surface area contributed by atoms with Crippen molar-refractivity contribution in [1.82, 2.24) is 5.32 Å². The van der Waals surface area contributed by atoms with Crippen LogP contribution in [0.1, 0.15) is 23.4 Å². The van der Waals surface area contributed by atoms with E-state index in [1.54, 1.807) is 12.1 Å². The summed E-state index contributed by atoms with van der Waals surface area (Å²) in [5, 5.41) is 12.8. The molecule has 0 atom stereocenters. The van der Waals surface area contributed by atoms with Crippen LogP contribution >= 0.6 is 15.9 Å². The van der Waals surface area contributed by atoms with Gasteiger partial charge in [0.2, 0.25) is 0 Å². The standard InChI is InChI=1S/C15H14BrNO5/c16-10-1-2-11-9(7-10)8-12(22-11)13(18)17-15(14(19)20)3-5-21-6-4-15/h1-2,7-8H,3-6H2,(H,17,18)(H,19,20). The molecule has 116 valence electrons. The van der Waals surface area contributed by atoms with E-state index in [1.165, 1.54) is 0 Å². The number of hydrogen-bond donors (Lipinski definition) is 2. The van der Waals surface area contributed by atoms with Gasteiger partial charge in [-0.3, -0.25) is 4.79 Å². The number of fused-ring (bicyclic) bond motifs is 1. The monoisotopic (exact) mass is 367 g/mol. The summed E-state index contributed by atoms with van der Waals surface area (Å²) in [6.45, 7) is 0.610. The van der Waals surface area contributed by atoms with Crippen LogP contribution in [0.2, 0.25) is 0 Å². The van der Waals surface area contributed by atoms with Crippen LogP contribution in [0, 0.1) is 0 Å². The molecule has 0 spiro atoms. The Kier molecular flexibility index (Phi) is 3.92. The van der Waals surface area contributed by atoms with Crippen LogP contribution < -0.4 is 5.32 Å². The molecule has 0 saturated carbocycles. The van der Waals surface area contributed by atoms with E-state index in [2.05, 4.69) is 21.2 Å². The van der Waals surface area contributed by atoms with E-state index in [1.807, 2.05) is 12.1 Å². The normalized spacial score (nSPS) is 17.3. The maximum atomic E-state index is 12.4. The number of amides is 1. The van der Waals surface area contributed by atoms with Gasteiger partial charge in [-0.1, -0.05) is 15.9 Å². The quantitative estimate of drug-likeness (QED) is 0.869. The maximum Gasteiger partial charge on any atom is 0.329 e. The number of aliphatic carboxylic acids is 1. The second-order valence-corrected chi connectivity index (χ2v) is 6.16. The molecular formula is C15H14BrNO5. The van der Waals surface area contributed by atoms with E-state index in [4.69, 9.17) is 9.15 Å². The van der Waals surface area contributed by atoms with Crippen molar-refractivity contribution >= 4 is 38.8 Å². The van der Waals surface area contributed by atoms with Gasteiger partial charge in [0.15, 0.2) is 5.76 Å². The van der Waals surface area contributed by atoms with Crippen molar-refractivity contribution in [1.29, 1.82) is 0 Å². The molecule has 0 bridgehead atoms. The molecule has 1 fully saturated rings. The molecule has 6 nitrogen and oxygen atoms in total. The lowest BCUT2D eigenvalue weighted by Crippen LogP contribution is -2.57. The highest BCUT2D eigenvalue weighted by molar-refractivity contribution is 9.10. The third kappa shape index (κ3) is 2.74. The molecular weight excluding hydrogens is 354 g/mol. The van der Waals surface area contributed by atoms with Crippen molar-refractivity contribution in [2.24, 2.45) is 0 Å². The zero-order valence-electron chi connectivity index (χ0n) is 11.6. The summed E-state index contributed by atoms with van der Waals surface area (Å²) in [6.07, 6.45) is 0.472. The Morgan fingerprint density at radius 1 is 1.23 bits per heavy atom. The van der Waals surface area contributed by atoms with Crippen LogP contribution in [-0.4, -0.2) is 35.7 Å². The summed E-state index contributed by atoms with van der Waals surface area (Å²) in [6, 6.07) is 6.99. The van der Waals surface area contributed by atoms with E-state index in [0.29, 0.717) is 18.8 Å². The lowest BCUT2D eigenvalue weighted by molar-refractivity contribution is -0.148. The van der Waals surface area contributed by atoms with Gasteiger partial charge in [-0.05, 0) is 24.3 Å². The number of rotatable bonds is 3. The molecule has 7 heteroatoms. The zero-order valence-corrected chi connectivity index (χ0v) is 13.2. The molecule has 1 aromatic heterocycles. The third-order valence-corrected chi connectivity index (χ3v) is 4.30. The minimum absolute atomic E-state index is 0.0974. The van der Waals surface area contributed by atoms with E-state index in [9.17, 15) is 14.7 Å². The van der Waals surface area contributed by atoms with Gasteiger partial charge in [-0.25, -0.2) is 4.79 Å². The fraction of sp³-hybridized carbons (Fsp3) is 0.333. The van der Waals surface area contributed by atoms with Crippen molar-refractivity contribution < 1.29 is 23.8 Å². The fourth-order valence-corrected chi connectivity index (χ4v) is 2.90. The number of nitrogens with one attached hydrogen (secondary N) is 1. The third-order valence-electron chi connectivity index (χ3n) is 3.81. The van der Waals surface area contributed by atoms with Crippen LogP contribution in [-0.2, 0) is 9.53 Å². The molecule has 0 unspecified atom stereocenters. The van der Waals surface area contributed by atoms with Gasteiger partial charge in [0.05, 0.1) is 0 Å². The first-order valence-electron chi connectivity index (χ1n) is 6.83. The van der Waals surface area contributed by atoms with Crippen molar-refractivity contribution in [3.8, 4) is 0 Å².